The number of nitrogens with one attached hydrogen (secondary N) is 1. The van der Waals surface area contributed by atoms with Crippen molar-refractivity contribution in [3.05, 3.63) is 56.2 Å². The first-order chi connectivity index (χ1) is 8.97. The number of carbonyl (C=O) groups is 1. The minimum absolute atomic E-state index is 0.105. The number of rotatable bonds is 3. The molecule has 7 heteroatoms. The fourth-order valence-electron chi connectivity index (χ4n) is 1.46. The minimum atomic E-state index is -0.693. The van der Waals surface area contributed by atoms with Crippen molar-refractivity contribution < 1.29 is 14.1 Å². The van der Waals surface area contributed by atoms with E-state index in [1.807, 2.05) is 19.1 Å². The van der Waals surface area contributed by atoms with Gasteiger partial charge in [-0.1, -0.05) is 22.0 Å². The van der Waals surface area contributed by atoms with Gasteiger partial charge in [-0.2, -0.15) is 0 Å². The molecule has 0 fully saturated rings. The largest absolute Gasteiger partial charge is 0.433 e. The summed E-state index contributed by atoms with van der Waals surface area (Å²) in [6.07, 6.45) is 0. The lowest BCUT2D eigenvalue weighted by Gasteiger charge is -2.07. The Kier molecular flexibility index (Phi) is 3.66. The second-order valence-electron chi connectivity index (χ2n) is 3.81. The molecule has 1 amide bonds. The number of nitro groups is 1. The summed E-state index contributed by atoms with van der Waals surface area (Å²) >= 11 is 3.30. The number of hydrogen-bond acceptors (Lipinski definition) is 4. The number of furan rings is 1. The number of anilines is 1. The third-order valence-corrected chi connectivity index (χ3v) is 2.94. The zero-order valence-corrected chi connectivity index (χ0v) is 11.4. The number of amides is 1. The Morgan fingerprint density at radius 1 is 1.37 bits per heavy atom. The third kappa shape index (κ3) is 3.00. The summed E-state index contributed by atoms with van der Waals surface area (Å²) in [5, 5.41) is 13.1. The van der Waals surface area contributed by atoms with E-state index in [0.29, 0.717) is 5.69 Å². The second-order valence-corrected chi connectivity index (χ2v) is 4.72. The van der Waals surface area contributed by atoms with E-state index < -0.39 is 16.7 Å². The van der Waals surface area contributed by atoms with Crippen LogP contribution in [0.25, 0.3) is 0 Å². The fourth-order valence-corrected chi connectivity index (χ4v) is 1.82. The summed E-state index contributed by atoms with van der Waals surface area (Å²) in [5.41, 5.74) is 1.48. The molecular weight excluding hydrogens is 316 g/mol. The van der Waals surface area contributed by atoms with Crippen LogP contribution in [0.4, 0.5) is 11.6 Å². The Morgan fingerprint density at radius 2 is 2.11 bits per heavy atom. The van der Waals surface area contributed by atoms with Crippen molar-refractivity contribution in [2.75, 3.05) is 5.32 Å². The fraction of sp³-hybridized carbons (Fsp3) is 0.0833. The van der Waals surface area contributed by atoms with Gasteiger partial charge in [0.15, 0.2) is 5.76 Å². The van der Waals surface area contributed by atoms with Crippen LogP contribution in [-0.2, 0) is 0 Å². The van der Waals surface area contributed by atoms with Gasteiger partial charge in [0, 0.05) is 10.2 Å². The molecule has 0 saturated carbocycles. The Balaban J connectivity index is 2.20. The lowest BCUT2D eigenvalue weighted by Crippen LogP contribution is -2.11. The maximum atomic E-state index is 11.9. The van der Waals surface area contributed by atoms with Crippen LogP contribution in [0.5, 0.6) is 0 Å². The minimum Gasteiger partial charge on any atom is -0.395 e. The van der Waals surface area contributed by atoms with Crippen molar-refractivity contribution >= 4 is 33.4 Å². The van der Waals surface area contributed by atoms with Crippen molar-refractivity contribution in [3.63, 3.8) is 0 Å². The number of aryl methyl sites for hydroxylation is 1. The van der Waals surface area contributed by atoms with E-state index in [9.17, 15) is 14.9 Å². The summed E-state index contributed by atoms with van der Waals surface area (Å²) in [6.45, 7) is 1.84. The van der Waals surface area contributed by atoms with E-state index >= 15 is 0 Å². The van der Waals surface area contributed by atoms with Crippen molar-refractivity contribution in [1.82, 2.24) is 0 Å². The normalized spacial score (nSPS) is 10.2. The molecule has 0 saturated heterocycles. The molecule has 98 valence electrons. The number of hydrogen-bond donors (Lipinski definition) is 1. The lowest BCUT2D eigenvalue weighted by atomic mass is 10.2. The quantitative estimate of drug-likeness (QED) is 0.691. The summed E-state index contributed by atoms with van der Waals surface area (Å²) in [4.78, 5) is 21.6. The van der Waals surface area contributed by atoms with Gasteiger partial charge < -0.3 is 9.73 Å². The smallest absolute Gasteiger partial charge is 0.395 e. The molecule has 0 aliphatic carbocycles. The van der Waals surface area contributed by atoms with Gasteiger partial charge in [-0.3, -0.25) is 14.9 Å². The zero-order chi connectivity index (χ0) is 14.0. The number of benzene rings is 1. The maximum Gasteiger partial charge on any atom is 0.433 e. The van der Waals surface area contributed by atoms with Crippen molar-refractivity contribution in [3.8, 4) is 0 Å². The number of nitrogens with zero attached hydrogens (tertiary/aromatic N) is 1. The maximum absolute atomic E-state index is 11.9. The Labute approximate surface area is 116 Å². The van der Waals surface area contributed by atoms with E-state index in [4.69, 9.17) is 4.42 Å². The topological polar surface area (TPSA) is 85.4 Å². The van der Waals surface area contributed by atoms with Gasteiger partial charge in [-0.15, -0.1) is 0 Å². The highest BCUT2D eigenvalue weighted by Gasteiger charge is 2.17. The first kappa shape index (κ1) is 13.3. The summed E-state index contributed by atoms with van der Waals surface area (Å²) < 4.78 is 5.64. The van der Waals surface area contributed by atoms with E-state index in [0.717, 1.165) is 16.1 Å². The molecule has 0 atom stereocenters. The standard InChI is InChI=1S/C12H9BrN2O4/c1-7-2-3-8(13)6-9(7)14-12(16)10-4-5-11(19-10)15(17)18/h2-6H,1H3,(H,14,16). The highest BCUT2D eigenvalue weighted by Crippen LogP contribution is 2.22. The van der Waals surface area contributed by atoms with E-state index in [-0.39, 0.29) is 5.76 Å². The Bertz CT molecular complexity index is 651. The molecule has 1 N–H and O–H groups in total. The summed E-state index contributed by atoms with van der Waals surface area (Å²) in [6, 6.07) is 7.83. The van der Waals surface area contributed by atoms with Gasteiger partial charge in [0.25, 0.3) is 5.91 Å². The molecule has 2 aromatic rings. The molecule has 6 nitrogen and oxygen atoms in total. The average molecular weight is 325 g/mol. The molecule has 2 rings (SSSR count). The van der Waals surface area contributed by atoms with Gasteiger partial charge in [-0.05, 0) is 30.7 Å². The molecule has 1 heterocycles. The Hall–Kier alpha value is -2.15. The molecule has 0 aliphatic heterocycles. The first-order valence-electron chi connectivity index (χ1n) is 5.29. The molecular formula is C12H9BrN2O4. The van der Waals surface area contributed by atoms with Gasteiger partial charge in [-0.25, -0.2) is 0 Å². The van der Waals surface area contributed by atoms with Crippen molar-refractivity contribution in [2.45, 2.75) is 6.92 Å². The lowest BCUT2D eigenvalue weighted by molar-refractivity contribution is -0.402. The molecule has 0 aliphatic rings. The predicted molar refractivity (Wildman–Crippen MR) is 72.2 cm³/mol. The van der Waals surface area contributed by atoms with Crippen LogP contribution in [0, 0.1) is 17.0 Å². The summed E-state index contributed by atoms with van der Waals surface area (Å²) in [7, 11) is 0. The van der Waals surface area contributed by atoms with Crippen LogP contribution in [0.2, 0.25) is 0 Å². The Morgan fingerprint density at radius 3 is 2.74 bits per heavy atom. The number of halogens is 1. The first-order valence-corrected chi connectivity index (χ1v) is 6.08. The van der Waals surface area contributed by atoms with Crippen LogP contribution in [0.1, 0.15) is 16.1 Å². The molecule has 19 heavy (non-hydrogen) atoms. The van der Waals surface area contributed by atoms with E-state index in [1.165, 1.54) is 6.07 Å². The zero-order valence-electron chi connectivity index (χ0n) is 9.84. The molecule has 1 aromatic heterocycles. The van der Waals surface area contributed by atoms with Gasteiger partial charge in [0.1, 0.15) is 4.92 Å². The molecule has 1 aromatic carbocycles. The van der Waals surface area contributed by atoms with Crippen LogP contribution in [-0.4, -0.2) is 10.8 Å². The SMILES string of the molecule is Cc1ccc(Br)cc1NC(=O)c1ccc([N+](=O)[O-])o1. The average Bonchev–Trinajstić information content (AvgIpc) is 2.83. The highest BCUT2D eigenvalue weighted by atomic mass is 79.9. The number of carbonyl (C=O) groups excluding carboxylic acids is 1. The van der Waals surface area contributed by atoms with Crippen molar-refractivity contribution in [1.29, 1.82) is 0 Å². The monoisotopic (exact) mass is 324 g/mol. The van der Waals surface area contributed by atoms with Gasteiger partial charge in [0.05, 0.1) is 6.07 Å². The predicted octanol–water partition coefficient (Wildman–Crippen LogP) is 3.51. The summed E-state index contributed by atoms with van der Waals surface area (Å²) in [5.74, 6) is -1.10. The van der Waals surface area contributed by atoms with Crippen LogP contribution in [0.3, 0.4) is 0 Å². The van der Waals surface area contributed by atoms with Gasteiger partial charge >= 0.3 is 5.88 Å². The van der Waals surface area contributed by atoms with E-state index in [1.54, 1.807) is 6.07 Å². The highest BCUT2D eigenvalue weighted by molar-refractivity contribution is 9.10. The van der Waals surface area contributed by atoms with Crippen LogP contribution in [0.15, 0.2) is 39.2 Å². The van der Waals surface area contributed by atoms with Gasteiger partial charge in [0.2, 0.25) is 0 Å². The van der Waals surface area contributed by atoms with E-state index in [2.05, 4.69) is 21.2 Å². The van der Waals surface area contributed by atoms with Crippen molar-refractivity contribution in [2.24, 2.45) is 0 Å². The van der Waals surface area contributed by atoms with Crippen LogP contribution < -0.4 is 5.32 Å². The van der Waals surface area contributed by atoms with Crippen LogP contribution >= 0.6 is 15.9 Å². The second kappa shape index (κ2) is 5.23. The molecule has 0 bridgehead atoms. The molecule has 0 spiro atoms. The third-order valence-electron chi connectivity index (χ3n) is 2.44. The molecule has 0 radical (unpaired) electrons. The molecule has 0 unspecified atom stereocenters.